The molecular formula is C25H29F3N4OS. The molecule has 3 aliphatic heterocycles. The molecule has 182 valence electrons. The molecule has 1 unspecified atom stereocenters. The quantitative estimate of drug-likeness (QED) is 0.667. The van der Waals surface area contributed by atoms with Crippen LogP contribution in [0.5, 0.6) is 0 Å². The van der Waals surface area contributed by atoms with Crippen LogP contribution in [0.25, 0.3) is 0 Å². The molecule has 1 atom stereocenters. The first-order valence-corrected chi connectivity index (χ1v) is 12.7. The van der Waals surface area contributed by atoms with Gasteiger partial charge in [0.05, 0.1) is 5.56 Å². The van der Waals surface area contributed by atoms with Crippen LogP contribution in [-0.4, -0.2) is 60.3 Å². The van der Waals surface area contributed by atoms with E-state index in [4.69, 9.17) is 0 Å². The molecule has 3 heterocycles. The van der Waals surface area contributed by atoms with Crippen LogP contribution in [-0.2, 0) is 17.5 Å². The van der Waals surface area contributed by atoms with Crippen LogP contribution in [0.15, 0.2) is 47.4 Å². The number of nitrogens with zero attached hydrogens (tertiary/aromatic N) is 2. The van der Waals surface area contributed by atoms with Crippen molar-refractivity contribution in [2.75, 3.05) is 44.6 Å². The van der Waals surface area contributed by atoms with E-state index < -0.39 is 11.7 Å². The fraction of sp³-hybridized carbons (Fsp3) is 0.480. The van der Waals surface area contributed by atoms with Crippen LogP contribution in [0.3, 0.4) is 0 Å². The molecule has 2 N–H and O–H groups in total. The molecule has 0 saturated carbocycles. The smallest absolute Gasteiger partial charge is 0.364 e. The average molecular weight is 491 g/mol. The number of fused-ring (bicyclic) bond motifs is 1. The molecule has 1 amide bonds. The van der Waals surface area contributed by atoms with E-state index in [-0.39, 0.29) is 11.3 Å². The van der Waals surface area contributed by atoms with Gasteiger partial charge >= 0.3 is 6.18 Å². The number of carbonyl (C=O) groups excluding carboxylic acids is 1. The number of amides is 1. The molecule has 2 aromatic rings. The second-order valence-electron chi connectivity index (χ2n) is 9.22. The van der Waals surface area contributed by atoms with Crippen molar-refractivity contribution in [3.05, 3.63) is 59.2 Å². The third kappa shape index (κ3) is 5.21. The molecule has 3 aliphatic rings. The molecule has 9 heteroatoms. The second kappa shape index (κ2) is 9.79. The summed E-state index contributed by atoms with van der Waals surface area (Å²) in [5.74, 6) is 0.671. The number of hydrogen-bond acceptors (Lipinski definition) is 5. The van der Waals surface area contributed by atoms with Crippen molar-refractivity contribution in [3.8, 4) is 0 Å². The van der Waals surface area contributed by atoms with Crippen molar-refractivity contribution in [2.24, 2.45) is 0 Å². The molecule has 0 bridgehead atoms. The number of carbonyl (C=O) groups is 1. The fourth-order valence-electron chi connectivity index (χ4n) is 4.93. The zero-order chi connectivity index (χ0) is 23.7. The maximum Gasteiger partial charge on any atom is 0.416 e. The summed E-state index contributed by atoms with van der Waals surface area (Å²) in [6, 6.07) is 11.9. The lowest BCUT2D eigenvalue weighted by Gasteiger charge is -2.35. The molecule has 0 aromatic heterocycles. The Bertz CT molecular complexity index is 1020. The summed E-state index contributed by atoms with van der Waals surface area (Å²) in [6.07, 6.45) is -2.03. The van der Waals surface area contributed by atoms with Gasteiger partial charge in [-0.3, -0.25) is 9.69 Å². The zero-order valence-corrected chi connectivity index (χ0v) is 19.7. The first-order chi connectivity index (χ1) is 16.4. The monoisotopic (exact) mass is 490 g/mol. The number of benzene rings is 2. The van der Waals surface area contributed by atoms with Gasteiger partial charge in [0, 0.05) is 43.3 Å². The van der Waals surface area contributed by atoms with Gasteiger partial charge in [0.1, 0.15) is 0 Å². The molecule has 5 rings (SSSR count). The van der Waals surface area contributed by atoms with Crippen molar-refractivity contribution in [1.29, 1.82) is 0 Å². The normalized spacial score (nSPS) is 21.9. The van der Waals surface area contributed by atoms with Gasteiger partial charge in [-0.1, -0.05) is 30.0 Å². The van der Waals surface area contributed by atoms with Crippen LogP contribution in [0.2, 0.25) is 0 Å². The number of hydrogen-bond donors (Lipinski definition) is 2. The standard InChI is InChI=1S/C25H29F3N4OS/c26-25(27,28)20-4-1-17(2-5-20)16-31-11-13-32(14-12-31)24(33)23-30-21-15-19(3-6-22(21)34-23)18-7-9-29-10-8-18/h1-6,15,18,23,29-30H,7-14,16H2. The van der Waals surface area contributed by atoms with Crippen LogP contribution >= 0.6 is 11.8 Å². The number of thioether (sulfide) groups is 1. The number of alkyl halides is 3. The molecule has 0 spiro atoms. The second-order valence-corrected chi connectivity index (χ2v) is 10.4. The molecule has 5 nitrogen and oxygen atoms in total. The molecule has 2 aromatic carbocycles. The van der Waals surface area contributed by atoms with E-state index in [0.29, 0.717) is 38.6 Å². The number of nitrogens with one attached hydrogen (secondary N) is 2. The Kier molecular flexibility index (Phi) is 6.77. The highest BCUT2D eigenvalue weighted by atomic mass is 32.2. The highest BCUT2D eigenvalue weighted by molar-refractivity contribution is 8.01. The average Bonchev–Trinajstić information content (AvgIpc) is 3.28. The SMILES string of the molecule is O=C(C1Nc2cc(C3CCNCC3)ccc2S1)N1CCN(Cc2ccc(C(F)(F)F)cc2)CC1. The summed E-state index contributed by atoms with van der Waals surface area (Å²) < 4.78 is 38.3. The Morgan fingerprint density at radius 1 is 1.00 bits per heavy atom. The van der Waals surface area contributed by atoms with E-state index in [2.05, 4.69) is 33.7 Å². The van der Waals surface area contributed by atoms with Crippen LogP contribution in [0.1, 0.15) is 35.4 Å². The topological polar surface area (TPSA) is 47.6 Å². The van der Waals surface area contributed by atoms with Crippen LogP contribution in [0, 0.1) is 0 Å². The highest BCUT2D eigenvalue weighted by Crippen LogP contribution is 2.41. The lowest BCUT2D eigenvalue weighted by atomic mass is 9.90. The van der Waals surface area contributed by atoms with Gasteiger partial charge in [-0.2, -0.15) is 13.2 Å². The molecule has 0 aliphatic carbocycles. The van der Waals surface area contributed by atoms with Crippen molar-refractivity contribution in [3.63, 3.8) is 0 Å². The first-order valence-electron chi connectivity index (χ1n) is 11.8. The predicted molar refractivity (Wildman–Crippen MR) is 128 cm³/mol. The largest absolute Gasteiger partial charge is 0.416 e. The van der Waals surface area contributed by atoms with Gasteiger partial charge in [-0.25, -0.2) is 0 Å². The number of anilines is 1. The van der Waals surface area contributed by atoms with E-state index in [0.717, 1.165) is 54.2 Å². The van der Waals surface area contributed by atoms with Crippen molar-refractivity contribution in [1.82, 2.24) is 15.1 Å². The third-order valence-corrected chi connectivity index (χ3v) is 8.11. The minimum absolute atomic E-state index is 0.0961. The van der Waals surface area contributed by atoms with Gasteiger partial charge in [0.25, 0.3) is 5.91 Å². The Hall–Kier alpha value is -2.23. The Balaban J connectivity index is 1.13. The minimum Gasteiger partial charge on any atom is -0.364 e. The number of piperazine rings is 1. The molecular weight excluding hydrogens is 461 g/mol. The fourth-order valence-corrected chi connectivity index (χ4v) is 6.01. The lowest BCUT2D eigenvalue weighted by molar-refractivity contribution is -0.137. The van der Waals surface area contributed by atoms with E-state index in [1.54, 1.807) is 11.8 Å². The molecule has 34 heavy (non-hydrogen) atoms. The summed E-state index contributed by atoms with van der Waals surface area (Å²) in [5, 5.41) is 6.53. The Morgan fingerprint density at radius 2 is 1.71 bits per heavy atom. The summed E-state index contributed by atoms with van der Waals surface area (Å²) in [6.45, 7) is 5.34. The number of piperidine rings is 1. The van der Waals surface area contributed by atoms with Crippen molar-refractivity contribution < 1.29 is 18.0 Å². The third-order valence-electron chi connectivity index (χ3n) is 6.94. The molecule has 2 fully saturated rings. The van der Waals surface area contributed by atoms with E-state index in [9.17, 15) is 18.0 Å². The summed E-state index contributed by atoms with van der Waals surface area (Å²) in [5.41, 5.74) is 2.62. The molecule has 2 saturated heterocycles. The highest BCUT2D eigenvalue weighted by Gasteiger charge is 2.33. The number of halogens is 3. The van der Waals surface area contributed by atoms with Gasteiger partial charge in [0.15, 0.2) is 5.37 Å². The molecule has 0 radical (unpaired) electrons. The van der Waals surface area contributed by atoms with Gasteiger partial charge in [-0.05, 0) is 67.2 Å². The Morgan fingerprint density at radius 3 is 2.38 bits per heavy atom. The predicted octanol–water partition coefficient (Wildman–Crippen LogP) is 4.36. The summed E-state index contributed by atoms with van der Waals surface area (Å²) >= 11 is 1.58. The Labute approximate surface area is 202 Å². The maximum atomic E-state index is 13.2. The van der Waals surface area contributed by atoms with Gasteiger partial charge < -0.3 is 15.5 Å². The first kappa shape index (κ1) is 23.5. The number of rotatable bonds is 4. The van der Waals surface area contributed by atoms with Crippen molar-refractivity contribution >= 4 is 23.4 Å². The minimum atomic E-state index is -4.31. The van der Waals surface area contributed by atoms with E-state index >= 15 is 0 Å². The van der Waals surface area contributed by atoms with Crippen molar-refractivity contribution in [2.45, 2.75) is 41.7 Å². The lowest BCUT2D eigenvalue weighted by Crippen LogP contribution is -2.51. The van der Waals surface area contributed by atoms with Gasteiger partial charge in [-0.15, -0.1) is 0 Å². The summed E-state index contributed by atoms with van der Waals surface area (Å²) in [7, 11) is 0. The van der Waals surface area contributed by atoms with Gasteiger partial charge in [0.2, 0.25) is 0 Å². The zero-order valence-electron chi connectivity index (χ0n) is 18.9. The van der Waals surface area contributed by atoms with Crippen LogP contribution in [0.4, 0.5) is 18.9 Å². The van der Waals surface area contributed by atoms with E-state index in [1.807, 2.05) is 4.90 Å². The van der Waals surface area contributed by atoms with E-state index in [1.165, 1.54) is 17.7 Å². The maximum absolute atomic E-state index is 13.2. The summed E-state index contributed by atoms with van der Waals surface area (Å²) in [4.78, 5) is 18.4. The van der Waals surface area contributed by atoms with Crippen LogP contribution < -0.4 is 10.6 Å².